The lowest BCUT2D eigenvalue weighted by atomic mass is 10.0. The molecule has 2 atom stereocenters. The Kier molecular flexibility index (Phi) is 3.61. The van der Waals surface area contributed by atoms with E-state index in [2.05, 4.69) is 4.98 Å². The van der Waals surface area contributed by atoms with Gasteiger partial charge in [0.05, 0.1) is 5.69 Å². The number of nitrogens with zero attached hydrogens (tertiary/aromatic N) is 1. The van der Waals surface area contributed by atoms with Crippen LogP contribution in [0.1, 0.15) is 22.2 Å². The Bertz CT molecular complexity index is 462. The number of carbonyl (C=O) groups is 2. The number of rotatable bonds is 4. The highest BCUT2D eigenvalue weighted by Gasteiger charge is 2.24. The quantitative estimate of drug-likeness (QED) is 0.417. The van der Waals surface area contributed by atoms with Crippen LogP contribution in [0.2, 0.25) is 0 Å². The molecule has 0 aliphatic rings. The molecule has 2 unspecified atom stereocenters. The molecule has 7 N–H and O–H groups in total. The van der Waals surface area contributed by atoms with Crippen molar-refractivity contribution in [3.63, 3.8) is 0 Å². The zero-order chi connectivity index (χ0) is 13.2. The average Bonchev–Trinajstić information content (AvgIpc) is 2.26. The number of nitrogen functional groups attached to an aromatic ring is 1. The van der Waals surface area contributed by atoms with E-state index in [0.29, 0.717) is 0 Å². The molecule has 8 nitrogen and oxygen atoms in total. The van der Waals surface area contributed by atoms with Crippen LogP contribution >= 0.6 is 0 Å². The van der Waals surface area contributed by atoms with Gasteiger partial charge >= 0.3 is 5.97 Å². The molecule has 0 spiro atoms. The first-order valence-corrected chi connectivity index (χ1v) is 4.48. The second-order valence-electron chi connectivity index (χ2n) is 3.30. The molecule has 0 aromatic carbocycles. The molecule has 8 heteroatoms. The molecule has 0 aliphatic carbocycles. The summed E-state index contributed by atoms with van der Waals surface area (Å²) in [5, 5.41) is 27.4. The Hall–Kier alpha value is -2.19. The molecule has 0 aliphatic heterocycles. The number of amides is 1. The van der Waals surface area contributed by atoms with Crippen LogP contribution in [0.3, 0.4) is 0 Å². The molecule has 0 saturated carbocycles. The first-order valence-electron chi connectivity index (χ1n) is 4.48. The number of hydrogen-bond acceptors (Lipinski definition) is 6. The van der Waals surface area contributed by atoms with Crippen molar-refractivity contribution >= 4 is 17.6 Å². The van der Waals surface area contributed by atoms with E-state index < -0.39 is 24.1 Å². The zero-order valence-corrected chi connectivity index (χ0v) is 8.57. The van der Waals surface area contributed by atoms with Crippen molar-refractivity contribution < 1.29 is 24.9 Å². The Labute approximate surface area is 95.5 Å². The number of anilines is 1. The van der Waals surface area contributed by atoms with E-state index in [-0.39, 0.29) is 16.9 Å². The standard InChI is InChI=1S/C9H11N3O5/c10-4-1-3(2-12-5(4)9(16)17)6(13)7(14)8(11)15/h1-2,6-7,13-14H,10H2,(H2,11,15)(H,16,17). The number of nitrogens with two attached hydrogens (primary N) is 2. The van der Waals surface area contributed by atoms with Crippen LogP contribution in [0.5, 0.6) is 0 Å². The second kappa shape index (κ2) is 4.76. The van der Waals surface area contributed by atoms with E-state index in [0.717, 1.165) is 12.3 Å². The smallest absolute Gasteiger partial charge is 0.356 e. The van der Waals surface area contributed by atoms with Crippen molar-refractivity contribution in [3.8, 4) is 0 Å². The van der Waals surface area contributed by atoms with E-state index in [9.17, 15) is 19.8 Å². The van der Waals surface area contributed by atoms with Crippen LogP contribution in [0.4, 0.5) is 5.69 Å². The van der Waals surface area contributed by atoms with Gasteiger partial charge in [-0.3, -0.25) is 4.79 Å². The fourth-order valence-electron chi connectivity index (χ4n) is 1.18. The highest BCUT2D eigenvalue weighted by atomic mass is 16.4. The highest BCUT2D eigenvalue weighted by molar-refractivity contribution is 5.91. The minimum atomic E-state index is -1.81. The lowest BCUT2D eigenvalue weighted by Gasteiger charge is -2.15. The summed E-state index contributed by atoms with van der Waals surface area (Å²) >= 11 is 0. The predicted octanol–water partition coefficient (Wildman–Crippen LogP) is -1.76. The van der Waals surface area contributed by atoms with Gasteiger partial charge in [0.15, 0.2) is 11.8 Å². The molecule has 1 amide bonds. The van der Waals surface area contributed by atoms with Gasteiger partial charge in [-0.15, -0.1) is 0 Å². The molecule has 1 aromatic heterocycles. The van der Waals surface area contributed by atoms with Crippen molar-refractivity contribution in [3.05, 3.63) is 23.5 Å². The molecular weight excluding hydrogens is 230 g/mol. The number of aromatic nitrogens is 1. The van der Waals surface area contributed by atoms with Crippen molar-refractivity contribution in [2.24, 2.45) is 5.73 Å². The lowest BCUT2D eigenvalue weighted by molar-refractivity contribution is -0.131. The van der Waals surface area contributed by atoms with Crippen LogP contribution in [0.15, 0.2) is 12.3 Å². The summed E-state index contributed by atoms with van der Waals surface area (Å²) in [7, 11) is 0. The third-order valence-corrected chi connectivity index (χ3v) is 2.07. The van der Waals surface area contributed by atoms with Crippen LogP contribution in [0, 0.1) is 0 Å². The summed E-state index contributed by atoms with van der Waals surface area (Å²) in [4.78, 5) is 24.7. The molecule has 1 rings (SSSR count). The summed E-state index contributed by atoms with van der Waals surface area (Å²) in [6.45, 7) is 0. The first kappa shape index (κ1) is 12.9. The molecule has 0 fully saturated rings. The lowest BCUT2D eigenvalue weighted by Crippen LogP contribution is -2.34. The molecule has 0 bridgehead atoms. The van der Waals surface area contributed by atoms with Crippen LogP contribution in [0.25, 0.3) is 0 Å². The van der Waals surface area contributed by atoms with Crippen molar-refractivity contribution in [1.29, 1.82) is 0 Å². The Morgan fingerprint density at radius 3 is 2.35 bits per heavy atom. The second-order valence-corrected chi connectivity index (χ2v) is 3.30. The van der Waals surface area contributed by atoms with Gasteiger partial charge in [-0.25, -0.2) is 9.78 Å². The van der Waals surface area contributed by atoms with E-state index in [1.165, 1.54) is 0 Å². The van der Waals surface area contributed by atoms with Gasteiger partial charge in [0, 0.05) is 11.8 Å². The van der Waals surface area contributed by atoms with Gasteiger partial charge in [-0.1, -0.05) is 0 Å². The van der Waals surface area contributed by atoms with E-state index in [4.69, 9.17) is 16.6 Å². The molecule has 17 heavy (non-hydrogen) atoms. The van der Waals surface area contributed by atoms with Gasteiger partial charge in [-0.05, 0) is 6.07 Å². The number of carbonyl (C=O) groups excluding carboxylic acids is 1. The monoisotopic (exact) mass is 241 g/mol. The number of aliphatic hydroxyl groups excluding tert-OH is 2. The molecule has 0 saturated heterocycles. The fourth-order valence-corrected chi connectivity index (χ4v) is 1.18. The third-order valence-electron chi connectivity index (χ3n) is 2.07. The Morgan fingerprint density at radius 1 is 1.35 bits per heavy atom. The molecule has 1 aromatic rings. The average molecular weight is 241 g/mol. The van der Waals surface area contributed by atoms with Crippen LogP contribution < -0.4 is 11.5 Å². The number of carboxylic acid groups (broad SMARTS) is 1. The number of pyridine rings is 1. The number of hydrogen-bond donors (Lipinski definition) is 5. The van der Waals surface area contributed by atoms with E-state index in [1.54, 1.807) is 0 Å². The number of aromatic carboxylic acids is 1. The van der Waals surface area contributed by atoms with Gasteiger partial charge in [0.25, 0.3) is 0 Å². The normalized spacial score (nSPS) is 14.0. The number of primary amides is 1. The fraction of sp³-hybridized carbons (Fsp3) is 0.222. The summed E-state index contributed by atoms with van der Waals surface area (Å²) in [6, 6.07) is 1.10. The molecule has 92 valence electrons. The van der Waals surface area contributed by atoms with Crippen LogP contribution in [-0.4, -0.2) is 38.3 Å². The summed E-state index contributed by atoms with van der Waals surface area (Å²) in [5.74, 6) is -2.43. The van der Waals surface area contributed by atoms with E-state index >= 15 is 0 Å². The zero-order valence-electron chi connectivity index (χ0n) is 8.57. The van der Waals surface area contributed by atoms with Crippen molar-refractivity contribution in [2.45, 2.75) is 12.2 Å². The third kappa shape index (κ3) is 2.68. The number of carboxylic acids is 1. The minimum absolute atomic E-state index is 0.00111. The first-order chi connectivity index (χ1) is 7.84. The van der Waals surface area contributed by atoms with Crippen molar-refractivity contribution in [2.75, 3.05) is 5.73 Å². The summed E-state index contributed by atoms with van der Waals surface area (Å²) in [6.07, 6.45) is -2.42. The Balaban J connectivity index is 3.05. The molecule has 0 radical (unpaired) electrons. The van der Waals surface area contributed by atoms with Gasteiger partial charge in [0.2, 0.25) is 5.91 Å². The predicted molar refractivity (Wildman–Crippen MR) is 55.8 cm³/mol. The largest absolute Gasteiger partial charge is 0.476 e. The SMILES string of the molecule is NC(=O)C(O)C(O)c1cnc(C(=O)O)c(N)c1. The van der Waals surface area contributed by atoms with Gasteiger partial charge in [0.1, 0.15) is 6.10 Å². The summed E-state index contributed by atoms with van der Waals surface area (Å²) < 4.78 is 0. The summed E-state index contributed by atoms with van der Waals surface area (Å²) in [5.41, 5.74) is 9.61. The number of aliphatic hydroxyl groups is 2. The molecular formula is C9H11N3O5. The maximum absolute atomic E-state index is 10.6. The van der Waals surface area contributed by atoms with Crippen LogP contribution in [-0.2, 0) is 4.79 Å². The topological polar surface area (TPSA) is 160 Å². The highest BCUT2D eigenvalue weighted by Crippen LogP contribution is 2.20. The van der Waals surface area contributed by atoms with E-state index in [1.807, 2.05) is 0 Å². The van der Waals surface area contributed by atoms with Crippen molar-refractivity contribution in [1.82, 2.24) is 4.98 Å². The maximum Gasteiger partial charge on any atom is 0.356 e. The Morgan fingerprint density at radius 2 is 1.94 bits per heavy atom. The van der Waals surface area contributed by atoms with Gasteiger partial charge in [-0.2, -0.15) is 0 Å². The molecule has 1 heterocycles. The maximum atomic E-state index is 10.6. The van der Waals surface area contributed by atoms with Gasteiger partial charge < -0.3 is 26.8 Å². The minimum Gasteiger partial charge on any atom is -0.476 e.